The number of alkyl halides is 3. The molecule has 0 saturated heterocycles. The minimum atomic E-state index is -4.89. The summed E-state index contributed by atoms with van der Waals surface area (Å²) >= 11 is 0. The van der Waals surface area contributed by atoms with Crippen LogP contribution >= 0.6 is 0 Å². The number of Topliss-reactive ketones (excluding diaryl/α,β-unsaturated/α-hetero) is 1. The number of benzene rings is 3. The van der Waals surface area contributed by atoms with Crippen molar-refractivity contribution in [2.24, 2.45) is 17.8 Å². The average molecular weight is 611 g/mol. The zero-order valence-corrected chi connectivity index (χ0v) is 24.0. The second-order valence-electron chi connectivity index (χ2n) is 11.4. The summed E-state index contributed by atoms with van der Waals surface area (Å²) in [6.07, 6.45) is -1.35. The fourth-order valence-corrected chi connectivity index (χ4v) is 6.37. The maximum Gasteiger partial charge on any atom is 0.419 e. The van der Waals surface area contributed by atoms with E-state index in [0.29, 0.717) is 40.5 Å². The number of carbonyl (C=O) groups excluding carboxylic acids is 1. The fourth-order valence-electron chi connectivity index (χ4n) is 6.37. The van der Waals surface area contributed by atoms with E-state index in [0.717, 1.165) is 11.6 Å². The predicted octanol–water partition coefficient (Wildman–Crippen LogP) is 6.83. The highest BCUT2D eigenvalue weighted by Crippen LogP contribution is 2.56. The lowest BCUT2D eigenvalue weighted by Gasteiger charge is -2.19. The van der Waals surface area contributed by atoms with Crippen LogP contribution in [0.5, 0.6) is 0 Å². The van der Waals surface area contributed by atoms with Gasteiger partial charge in [0, 0.05) is 30.7 Å². The highest BCUT2D eigenvalue weighted by molar-refractivity contribution is 5.87. The molecule has 2 heterocycles. The maximum absolute atomic E-state index is 13.9. The zero-order valence-electron chi connectivity index (χ0n) is 24.0. The Kier molecular flexibility index (Phi) is 7.79. The van der Waals surface area contributed by atoms with E-state index in [1.165, 1.54) is 10.6 Å². The van der Waals surface area contributed by atoms with Crippen molar-refractivity contribution in [1.29, 1.82) is 5.26 Å². The Bertz CT molecular complexity index is 2000. The molecule has 6 nitrogen and oxygen atoms in total. The molecule has 0 radical (unpaired) electrons. The van der Waals surface area contributed by atoms with E-state index < -0.39 is 29.4 Å². The van der Waals surface area contributed by atoms with Crippen LogP contribution in [-0.2, 0) is 23.8 Å². The van der Waals surface area contributed by atoms with Crippen molar-refractivity contribution in [1.82, 2.24) is 14.5 Å². The highest BCUT2D eigenvalue weighted by Gasteiger charge is 2.57. The van der Waals surface area contributed by atoms with Gasteiger partial charge >= 0.3 is 6.18 Å². The number of nitriles is 1. The van der Waals surface area contributed by atoms with Gasteiger partial charge < -0.3 is 0 Å². The molecular formula is C35H26F4N4O2. The van der Waals surface area contributed by atoms with E-state index in [1.807, 2.05) is 13.0 Å². The van der Waals surface area contributed by atoms with Gasteiger partial charge in [-0.2, -0.15) is 18.4 Å². The third-order valence-electron chi connectivity index (χ3n) is 8.55. The summed E-state index contributed by atoms with van der Waals surface area (Å²) in [5.74, 6) is -2.69. The topological polar surface area (TPSA) is 88.6 Å². The van der Waals surface area contributed by atoms with Crippen LogP contribution in [0.25, 0.3) is 16.6 Å². The molecule has 0 N–H and O–H groups in total. The summed E-state index contributed by atoms with van der Waals surface area (Å²) < 4.78 is 55.6. The monoisotopic (exact) mass is 610 g/mol. The molecule has 10 heteroatoms. The smallest absolute Gasteiger partial charge is 0.299 e. The molecule has 2 aromatic heterocycles. The van der Waals surface area contributed by atoms with E-state index in [9.17, 15) is 32.4 Å². The van der Waals surface area contributed by atoms with E-state index in [-0.39, 0.29) is 35.2 Å². The summed E-state index contributed by atoms with van der Waals surface area (Å²) in [5.41, 5.74) is 0.689. The number of nitrogens with zero attached hydrogens (tertiary/aromatic N) is 4. The number of hydrogen-bond acceptors (Lipinski definition) is 5. The summed E-state index contributed by atoms with van der Waals surface area (Å²) in [6, 6.07) is 21.9. The SMILES string of the molecule is C[C@H](c1nc2ccccc2c(=O)n1-c1ccc(C#N)cc1)[C@H]1C(Cc2cccnc2)C1C(=O)Cc1ccc(F)c(C(F)(F)F)c1. The lowest BCUT2D eigenvalue weighted by molar-refractivity contribution is -0.140. The number of para-hydroxylation sites is 1. The van der Waals surface area contributed by atoms with Crippen LogP contribution in [0.1, 0.15) is 40.9 Å². The quantitative estimate of drug-likeness (QED) is 0.180. The molecule has 2 unspecified atom stereocenters. The predicted molar refractivity (Wildman–Crippen MR) is 159 cm³/mol. The van der Waals surface area contributed by atoms with Crippen LogP contribution in [0.3, 0.4) is 0 Å². The summed E-state index contributed by atoms with van der Waals surface area (Å²) in [5, 5.41) is 9.69. The lowest BCUT2D eigenvalue weighted by atomic mass is 9.97. The van der Waals surface area contributed by atoms with Crippen LogP contribution in [0.15, 0.2) is 96.1 Å². The van der Waals surface area contributed by atoms with Crippen molar-refractivity contribution in [2.45, 2.75) is 31.9 Å². The molecule has 4 atom stereocenters. The number of hydrogen-bond donors (Lipinski definition) is 0. The van der Waals surface area contributed by atoms with Crippen LogP contribution < -0.4 is 5.56 Å². The molecule has 1 saturated carbocycles. The molecule has 1 fully saturated rings. The second-order valence-corrected chi connectivity index (χ2v) is 11.4. The molecule has 1 aliphatic carbocycles. The van der Waals surface area contributed by atoms with E-state index in [1.54, 1.807) is 67.0 Å². The van der Waals surface area contributed by atoms with Crippen molar-refractivity contribution in [2.75, 3.05) is 0 Å². The largest absolute Gasteiger partial charge is 0.419 e. The number of halogens is 4. The van der Waals surface area contributed by atoms with Gasteiger partial charge in [-0.05, 0) is 84.0 Å². The van der Waals surface area contributed by atoms with Gasteiger partial charge in [0.15, 0.2) is 0 Å². The van der Waals surface area contributed by atoms with Crippen molar-refractivity contribution in [3.05, 3.63) is 136 Å². The van der Waals surface area contributed by atoms with Gasteiger partial charge in [0.2, 0.25) is 0 Å². The van der Waals surface area contributed by atoms with Crippen LogP contribution in [0.2, 0.25) is 0 Å². The Labute approximate surface area is 255 Å². The fraction of sp³-hybridized carbons (Fsp3) is 0.229. The van der Waals surface area contributed by atoms with Gasteiger partial charge in [-0.3, -0.25) is 19.1 Å². The Morgan fingerprint density at radius 3 is 2.47 bits per heavy atom. The molecule has 0 spiro atoms. The molecule has 0 bridgehead atoms. The van der Waals surface area contributed by atoms with Gasteiger partial charge in [-0.15, -0.1) is 0 Å². The molecule has 6 rings (SSSR count). The molecule has 0 amide bonds. The Morgan fingerprint density at radius 2 is 1.78 bits per heavy atom. The van der Waals surface area contributed by atoms with Crippen LogP contribution in [0.4, 0.5) is 17.6 Å². The van der Waals surface area contributed by atoms with E-state index in [2.05, 4.69) is 11.1 Å². The van der Waals surface area contributed by atoms with Crippen molar-refractivity contribution >= 4 is 16.7 Å². The molecular weight excluding hydrogens is 584 g/mol. The highest BCUT2D eigenvalue weighted by atomic mass is 19.4. The molecule has 1 aliphatic rings. The van der Waals surface area contributed by atoms with Crippen molar-refractivity contribution in [3.8, 4) is 11.8 Å². The number of pyridine rings is 1. The summed E-state index contributed by atoms with van der Waals surface area (Å²) in [6.45, 7) is 1.89. The first kappa shape index (κ1) is 29.9. The number of rotatable bonds is 8. The van der Waals surface area contributed by atoms with Gasteiger partial charge in [-0.25, -0.2) is 9.37 Å². The van der Waals surface area contributed by atoms with Crippen molar-refractivity contribution in [3.63, 3.8) is 0 Å². The average Bonchev–Trinajstić information content (AvgIpc) is 3.75. The number of ketones is 1. The van der Waals surface area contributed by atoms with Crippen LogP contribution in [-0.4, -0.2) is 20.3 Å². The zero-order chi connectivity index (χ0) is 31.9. The molecule has 3 aromatic carbocycles. The first-order valence-electron chi connectivity index (χ1n) is 14.4. The van der Waals surface area contributed by atoms with E-state index >= 15 is 0 Å². The number of fused-ring (bicyclic) bond motifs is 1. The lowest BCUT2D eigenvalue weighted by Crippen LogP contribution is -2.26. The summed E-state index contributed by atoms with van der Waals surface area (Å²) in [4.78, 5) is 36.7. The Morgan fingerprint density at radius 1 is 1.02 bits per heavy atom. The number of aromatic nitrogens is 3. The third-order valence-corrected chi connectivity index (χ3v) is 8.55. The minimum absolute atomic E-state index is 0.0745. The molecule has 226 valence electrons. The standard InChI is InChI=1S/C35H26F4N4O2/c1-20(33-42-29-7-3-2-6-25(29)34(45)43(33)24-11-8-21(18-40)9-12-24)31-26(15-23-5-4-14-41-19-23)32(31)30(44)17-22-10-13-28(36)27(16-22)35(37,38)39/h2-14,16,19-20,26,31-32H,15,17H2,1H3/t20-,26?,31-,32?/m0/s1. The van der Waals surface area contributed by atoms with Gasteiger partial charge in [0.1, 0.15) is 17.4 Å². The Balaban J connectivity index is 1.40. The van der Waals surface area contributed by atoms with Crippen molar-refractivity contribution < 1.29 is 22.4 Å². The first-order chi connectivity index (χ1) is 21.6. The first-order valence-corrected chi connectivity index (χ1v) is 14.4. The Hall–Kier alpha value is -5.17. The van der Waals surface area contributed by atoms with E-state index in [4.69, 9.17) is 4.98 Å². The third kappa shape index (κ3) is 5.86. The van der Waals surface area contributed by atoms with Gasteiger partial charge in [-0.1, -0.05) is 31.2 Å². The molecule has 45 heavy (non-hydrogen) atoms. The number of carbonyl (C=O) groups is 1. The normalized spacial score (nSPS) is 18.4. The van der Waals surface area contributed by atoms with Gasteiger partial charge in [0.05, 0.1) is 33.8 Å². The molecule has 5 aromatic rings. The second kappa shape index (κ2) is 11.7. The minimum Gasteiger partial charge on any atom is -0.299 e. The van der Waals surface area contributed by atoms with Crippen LogP contribution in [0, 0.1) is 34.9 Å². The molecule has 0 aliphatic heterocycles. The maximum atomic E-state index is 13.9. The van der Waals surface area contributed by atoms with Gasteiger partial charge in [0.25, 0.3) is 5.56 Å². The summed E-state index contributed by atoms with van der Waals surface area (Å²) in [7, 11) is 0.